The first-order chi connectivity index (χ1) is 7.07. The van der Waals surface area contributed by atoms with Gasteiger partial charge in [-0.25, -0.2) is 4.79 Å². The quantitative estimate of drug-likeness (QED) is 0.414. The van der Waals surface area contributed by atoms with Gasteiger partial charge in [0.05, 0.1) is 12.2 Å². The normalized spacial score (nSPS) is 20.1. The van der Waals surface area contributed by atoms with E-state index in [1.54, 1.807) is 14.0 Å². The molecule has 1 heterocycles. The number of likely N-dealkylation sites (N-methyl/N-ethyl adjacent to an activating group) is 1. The fourth-order valence-corrected chi connectivity index (χ4v) is 1.47. The molecule has 0 aromatic rings. The highest BCUT2D eigenvalue weighted by molar-refractivity contribution is 6.01. The Morgan fingerprint density at radius 2 is 2.27 bits per heavy atom. The van der Waals surface area contributed by atoms with Crippen LogP contribution in [0.5, 0.6) is 0 Å². The lowest BCUT2D eigenvalue weighted by molar-refractivity contribution is -0.142. The zero-order valence-corrected chi connectivity index (χ0v) is 8.95. The van der Waals surface area contributed by atoms with Crippen molar-refractivity contribution in [3.8, 4) is 0 Å². The van der Waals surface area contributed by atoms with Crippen molar-refractivity contribution in [2.24, 2.45) is 0 Å². The molecule has 15 heavy (non-hydrogen) atoms. The van der Waals surface area contributed by atoms with Crippen LogP contribution in [0.4, 0.5) is 0 Å². The van der Waals surface area contributed by atoms with Crippen molar-refractivity contribution in [3.63, 3.8) is 0 Å². The van der Waals surface area contributed by atoms with Gasteiger partial charge in [0.25, 0.3) is 5.91 Å². The summed E-state index contributed by atoms with van der Waals surface area (Å²) in [6, 6.07) is 0. The number of amides is 1. The summed E-state index contributed by atoms with van der Waals surface area (Å²) in [5.74, 6) is -1.67. The second-order valence-corrected chi connectivity index (χ2v) is 3.38. The van der Waals surface area contributed by atoms with E-state index in [9.17, 15) is 14.7 Å². The Morgan fingerprint density at radius 3 is 2.87 bits per heavy atom. The maximum absolute atomic E-state index is 11.6. The van der Waals surface area contributed by atoms with Crippen molar-refractivity contribution in [2.45, 2.75) is 19.8 Å². The third-order valence-corrected chi connectivity index (χ3v) is 2.28. The number of ether oxygens (including phenoxy) is 1. The van der Waals surface area contributed by atoms with E-state index >= 15 is 0 Å². The molecule has 0 aromatic heterocycles. The van der Waals surface area contributed by atoms with Crippen LogP contribution in [0.15, 0.2) is 11.3 Å². The second kappa shape index (κ2) is 4.82. The largest absolute Gasteiger partial charge is 0.501 e. The molecule has 1 rings (SSSR count). The Morgan fingerprint density at radius 1 is 1.60 bits per heavy atom. The van der Waals surface area contributed by atoms with E-state index in [4.69, 9.17) is 0 Å². The van der Waals surface area contributed by atoms with Crippen molar-refractivity contribution in [2.75, 3.05) is 20.2 Å². The third kappa shape index (κ3) is 2.49. The lowest BCUT2D eigenvalue weighted by atomic mass is 10.0. The Labute approximate surface area is 88.3 Å². The molecule has 1 aliphatic heterocycles. The number of nitrogens with zero attached hydrogens (tertiary/aromatic N) is 1. The number of aliphatic hydroxyl groups excluding tert-OH is 1. The number of hydrogen-bond donors (Lipinski definition) is 1. The van der Waals surface area contributed by atoms with Crippen LogP contribution in [0.2, 0.25) is 0 Å². The summed E-state index contributed by atoms with van der Waals surface area (Å²) < 4.78 is 4.62. The number of hydrogen-bond acceptors (Lipinski definition) is 4. The summed E-state index contributed by atoms with van der Waals surface area (Å²) in [7, 11) is 1.64. The van der Waals surface area contributed by atoms with Gasteiger partial charge in [0.15, 0.2) is 0 Å². The van der Waals surface area contributed by atoms with Crippen molar-refractivity contribution >= 4 is 11.9 Å². The number of aliphatic hydroxyl groups is 1. The summed E-state index contributed by atoms with van der Waals surface area (Å²) in [4.78, 5) is 24.2. The summed E-state index contributed by atoms with van der Waals surface area (Å²) >= 11 is 0. The molecule has 1 amide bonds. The van der Waals surface area contributed by atoms with Crippen LogP contribution < -0.4 is 0 Å². The highest BCUT2D eigenvalue weighted by Gasteiger charge is 2.26. The number of rotatable bonds is 2. The fourth-order valence-electron chi connectivity index (χ4n) is 1.47. The van der Waals surface area contributed by atoms with Crippen LogP contribution in [-0.2, 0) is 14.3 Å². The van der Waals surface area contributed by atoms with E-state index in [-0.39, 0.29) is 18.1 Å². The number of piperidine rings is 1. The van der Waals surface area contributed by atoms with E-state index in [0.717, 1.165) is 6.42 Å². The topological polar surface area (TPSA) is 66.8 Å². The summed E-state index contributed by atoms with van der Waals surface area (Å²) in [6.45, 7) is 2.48. The lowest BCUT2D eigenvalue weighted by Gasteiger charge is -2.24. The molecule has 1 fully saturated rings. The molecule has 0 aliphatic carbocycles. The molecule has 5 heteroatoms. The number of likely N-dealkylation sites (tertiary alicyclic amines) is 1. The van der Waals surface area contributed by atoms with Gasteiger partial charge in [0.1, 0.15) is 0 Å². The molecule has 0 saturated carbocycles. The van der Waals surface area contributed by atoms with Gasteiger partial charge < -0.3 is 14.7 Å². The average molecular weight is 213 g/mol. The van der Waals surface area contributed by atoms with Crippen LogP contribution in [-0.4, -0.2) is 42.1 Å². The Balaban J connectivity index is 2.87. The van der Waals surface area contributed by atoms with Crippen molar-refractivity contribution < 1.29 is 19.4 Å². The molecule has 0 bridgehead atoms. The number of carbonyl (C=O) groups excluding carboxylic acids is 2. The predicted octanol–water partition coefficient (Wildman–Crippen LogP) is 0.614. The lowest BCUT2D eigenvalue weighted by Crippen LogP contribution is -2.34. The predicted molar refractivity (Wildman–Crippen MR) is 53.2 cm³/mol. The Kier molecular flexibility index (Phi) is 3.71. The van der Waals surface area contributed by atoms with E-state index in [1.807, 2.05) is 0 Å². The maximum atomic E-state index is 11.6. The van der Waals surface area contributed by atoms with E-state index < -0.39 is 11.7 Å². The third-order valence-electron chi connectivity index (χ3n) is 2.28. The average Bonchev–Trinajstić information content (AvgIpc) is 2.21. The second-order valence-electron chi connectivity index (χ2n) is 3.38. The van der Waals surface area contributed by atoms with Crippen LogP contribution in [0.1, 0.15) is 19.8 Å². The fraction of sp³-hybridized carbons (Fsp3) is 0.600. The van der Waals surface area contributed by atoms with E-state index in [0.29, 0.717) is 13.0 Å². The van der Waals surface area contributed by atoms with Gasteiger partial charge in [-0.05, 0) is 19.8 Å². The van der Waals surface area contributed by atoms with Crippen LogP contribution in [0.25, 0.3) is 0 Å². The van der Waals surface area contributed by atoms with Crippen LogP contribution >= 0.6 is 0 Å². The molecule has 84 valence electrons. The van der Waals surface area contributed by atoms with Gasteiger partial charge in [0.2, 0.25) is 5.76 Å². The first-order valence-corrected chi connectivity index (χ1v) is 4.92. The van der Waals surface area contributed by atoms with Crippen molar-refractivity contribution in [1.82, 2.24) is 4.90 Å². The van der Waals surface area contributed by atoms with Gasteiger partial charge in [-0.15, -0.1) is 0 Å². The molecule has 0 aromatic carbocycles. The van der Waals surface area contributed by atoms with Gasteiger partial charge in [-0.1, -0.05) is 0 Å². The van der Waals surface area contributed by atoms with Crippen LogP contribution in [0.3, 0.4) is 0 Å². The van der Waals surface area contributed by atoms with Crippen LogP contribution in [0, 0.1) is 0 Å². The van der Waals surface area contributed by atoms with Gasteiger partial charge in [-0.3, -0.25) is 4.79 Å². The van der Waals surface area contributed by atoms with Gasteiger partial charge in [0, 0.05) is 13.6 Å². The van der Waals surface area contributed by atoms with Gasteiger partial charge in [-0.2, -0.15) is 0 Å². The first kappa shape index (κ1) is 11.6. The smallest absolute Gasteiger partial charge is 0.373 e. The number of carbonyl (C=O) groups is 2. The monoisotopic (exact) mass is 213 g/mol. The zero-order chi connectivity index (χ0) is 11.4. The molecule has 0 unspecified atom stereocenters. The molecule has 1 aliphatic rings. The molecule has 0 radical (unpaired) electrons. The van der Waals surface area contributed by atoms with E-state index in [1.165, 1.54) is 4.90 Å². The molecule has 1 saturated heterocycles. The first-order valence-electron chi connectivity index (χ1n) is 4.92. The molecular weight excluding hydrogens is 198 g/mol. The maximum Gasteiger partial charge on any atom is 0.373 e. The minimum Gasteiger partial charge on any atom is -0.501 e. The standard InChI is InChI=1S/C10H15NO4/c1-3-15-10(14)8(12)7-5-4-6-11(2)9(7)13/h12H,3-6H2,1-2H3/b8-7-. The minimum atomic E-state index is -0.823. The summed E-state index contributed by atoms with van der Waals surface area (Å²) in [5.41, 5.74) is 0.155. The van der Waals surface area contributed by atoms with Crippen molar-refractivity contribution in [1.29, 1.82) is 0 Å². The highest BCUT2D eigenvalue weighted by atomic mass is 16.5. The summed E-state index contributed by atoms with van der Waals surface area (Å²) in [6.07, 6.45) is 1.18. The van der Waals surface area contributed by atoms with E-state index in [2.05, 4.69) is 4.74 Å². The molecule has 5 nitrogen and oxygen atoms in total. The molecule has 1 N–H and O–H groups in total. The highest BCUT2D eigenvalue weighted by Crippen LogP contribution is 2.19. The molecule has 0 spiro atoms. The molecule has 0 atom stereocenters. The van der Waals surface area contributed by atoms with Gasteiger partial charge >= 0.3 is 5.97 Å². The Bertz CT molecular complexity index is 309. The Hall–Kier alpha value is -1.52. The zero-order valence-electron chi connectivity index (χ0n) is 8.95. The molecular formula is C10H15NO4. The minimum absolute atomic E-state index is 0.155. The number of esters is 1. The SMILES string of the molecule is CCOC(=O)/C(O)=C1\CCCN(C)C1=O. The summed E-state index contributed by atoms with van der Waals surface area (Å²) in [5, 5.41) is 9.52. The van der Waals surface area contributed by atoms with Crippen molar-refractivity contribution in [3.05, 3.63) is 11.3 Å².